The number of aromatic nitrogens is 2. The van der Waals surface area contributed by atoms with Crippen LogP contribution in [-0.2, 0) is 0 Å². The van der Waals surface area contributed by atoms with Crippen molar-refractivity contribution in [3.05, 3.63) is 47.0 Å². The second-order valence-electron chi connectivity index (χ2n) is 3.99. The molecule has 0 spiro atoms. The van der Waals surface area contributed by atoms with Crippen LogP contribution in [0.2, 0.25) is 0 Å². The van der Waals surface area contributed by atoms with Crippen molar-refractivity contribution in [2.24, 2.45) is 0 Å². The molecule has 0 aliphatic heterocycles. The Bertz CT molecular complexity index is 478. The van der Waals surface area contributed by atoms with Gasteiger partial charge in [0.2, 0.25) is 0 Å². The first-order valence-electron chi connectivity index (χ1n) is 5.24. The lowest BCUT2D eigenvalue weighted by molar-refractivity contribution is 0.775. The van der Waals surface area contributed by atoms with Gasteiger partial charge in [-0.3, -0.25) is 0 Å². The summed E-state index contributed by atoms with van der Waals surface area (Å²) in [5.74, 6) is 1.26. The van der Waals surface area contributed by atoms with Crippen LogP contribution in [0.3, 0.4) is 0 Å². The van der Waals surface area contributed by atoms with Gasteiger partial charge in [-0.25, -0.2) is 9.97 Å². The van der Waals surface area contributed by atoms with E-state index in [1.807, 2.05) is 24.5 Å². The highest BCUT2D eigenvalue weighted by Gasteiger charge is 2.03. The highest BCUT2D eigenvalue weighted by atomic mass is 79.9. The van der Waals surface area contributed by atoms with Gasteiger partial charge in [0.25, 0.3) is 0 Å². The summed E-state index contributed by atoms with van der Waals surface area (Å²) in [4.78, 5) is 8.72. The molecule has 2 nitrogen and oxygen atoms in total. The average Bonchev–Trinajstić information content (AvgIpc) is 2.29. The monoisotopic (exact) mass is 276 g/mol. The van der Waals surface area contributed by atoms with E-state index in [2.05, 4.69) is 51.9 Å². The van der Waals surface area contributed by atoms with E-state index in [4.69, 9.17) is 0 Å². The van der Waals surface area contributed by atoms with Gasteiger partial charge in [0.1, 0.15) is 5.82 Å². The molecular weight excluding hydrogens is 264 g/mol. The highest BCUT2D eigenvalue weighted by Crippen LogP contribution is 2.22. The van der Waals surface area contributed by atoms with Crippen molar-refractivity contribution in [3.63, 3.8) is 0 Å². The van der Waals surface area contributed by atoms with Crippen LogP contribution < -0.4 is 0 Å². The van der Waals surface area contributed by atoms with Crippen molar-refractivity contribution < 1.29 is 0 Å². The van der Waals surface area contributed by atoms with E-state index >= 15 is 0 Å². The third-order valence-electron chi connectivity index (χ3n) is 2.35. The molecule has 0 saturated heterocycles. The summed E-state index contributed by atoms with van der Waals surface area (Å²) >= 11 is 3.46. The van der Waals surface area contributed by atoms with E-state index < -0.39 is 0 Å². The number of benzene rings is 1. The van der Waals surface area contributed by atoms with Crippen molar-refractivity contribution in [3.8, 4) is 11.1 Å². The minimum atomic E-state index is 0.372. The average molecular weight is 277 g/mol. The van der Waals surface area contributed by atoms with Gasteiger partial charge in [-0.15, -0.1) is 0 Å². The zero-order chi connectivity index (χ0) is 11.5. The molecule has 0 bridgehead atoms. The van der Waals surface area contributed by atoms with E-state index in [9.17, 15) is 0 Å². The van der Waals surface area contributed by atoms with Crippen LogP contribution >= 0.6 is 15.9 Å². The lowest BCUT2D eigenvalue weighted by Gasteiger charge is -2.05. The van der Waals surface area contributed by atoms with Gasteiger partial charge in [-0.05, 0) is 17.7 Å². The summed E-state index contributed by atoms with van der Waals surface area (Å²) in [6.45, 7) is 4.18. The zero-order valence-corrected chi connectivity index (χ0v) is 10.9. The minimum absolute atomic E-state index is 0.372. The molecule has 3 heteroatoms. The summed E-state index contributed by atoms with van der Waals surface area (Å²) in [5, 5.41) is 0. The Balaban J connectivity index is 2.35. The zero-order valence-electron chi connectivity index (χ0n) is 9.31. The van der Waals surface area contributed by atoms with Crippen molar-refractivity contribution >= 4 is 15.9 Å². The molecule has 0 amide bonds. The SMILES string of the molecule is CC(C)c1ncc(-c2cccc(Br)c2)cn1. The van der Waals surface area contributed by atoms with Gasteiger partial charge in [0.05, 0.1) is 0 Å². The van der Waals surface area contributed by atoms with Crippen LogP contribution in [0.5, 0.6) is 0 Å². The fourth-order valence-corrected chi connectivity index (χ4v) is 1.85. The smallest absolute Gasteiger partial charge is 0.130 e. The Morgan fingerprint density at radius 3 is 2.31 bits per heavy atom. The molecule has 1 aromatic carbocycles. The number of hydrogen-bond acceptors (Lipinski definition) is 2. The molecule has 82 valence electrons. The predicted molar refractivity (Wildman–Crippen MR) is 69.3 cm³/mol. The quantitative estimate of drug-likeness (QED) is 0.828. The molecule has 2 aromatic rings. The van der Waals surface area contributed by atoms with Gasteiger partial charge in [0.15, 0.2) is 0 Å². The molecule has 0 unspecified atom stereocenters. The fraction of sp³-hybridized carbons (Fsp3) is 0.231. The predicted octanol–water partition coefficient (Wildman–Crippen LogP) is 4.03. The molecule has 0 saturated carbocycles. The molecule has 0 N–H and O–H groups in total. The van der Waals surface area contributed by atoms with Gasteiger partial charge in [-0.1, -0.05) is 41.9 Å². The Morgan fingerprint density at radius 2 is 1.75 bits per heavy atom. The van der Waals surface area contributed by atoms with E-state index in [0.29, 0.717) is 5.92 Å². The molecule has 0 fully saturated rings. The van der Waals surface area contributed by atoms with Crippen LogP contribution in [-0.4, -0.2) is 9.97 Å². The summed E-state index contributed by atoms with van der Waals surface area (Å²) in [6.07, 6.45) is 3.76. The Hall–Kier alpha value is -1.22. The third-order valence-corrected chi connectivity index (χ3v) is 2.84. The highest BCUT2D eigenvalue weighted by molar-refractivity contribution is 9.10. The summed E-state index contributed by atoms with van der Waals surface area (Å²) in [7, 11) is 0. The van der Waals surface area contributed by atoms with Gasteiger partial charge < -0.3 is 0 Å². The Labute approximate surface area is 104 Å². The largest absolute Gasteiger partial charge is 0.240 e. The lowest BCUT2D eigenvalue weighted by atomic mass is 10.1. The first-order chi connectivity index (χ1) is 7.66. The standard InChI is InChI=1S/C13H13BrN2/c1-9(2)13-15-7-11(8-16-13)10-4-3-5-12(14)6-10/h3-9H,1-2H3. The van der Waals surface area contributed by atoms with Crippen molar-refractivity contribution in [1.82, 2.24) is 9.97 Å². The molecule has 0 aliphatic carbocycles. The van der Waals surface area contributed by atoms with Crippen LogP contribution in [0.25, 0.3) is 11.1 Å². The Morgan fingerprint density at radius 1 is 1.06 bits per heavy atom. The van der Waals surface area contributed by atoms with Gasteiger partial charge >= 0.3 is 0 Å². The van der Waals surface area contributed by atoms with Gasteiger partial charge in [0, 0.05) is 28.3 Å². The molecule has 0 atom stereocenters. The molecule has 16 heavy (non-hydrogen) atoms. The fourth-order valence-electron chi connectivity index (χ4n) is 1.45. The lowest BCUT2D eigenvalue weighted by Crippen LogP contribution is -1.96. The van der Waals surface area contributed by atoms with E-state index in [-0.39, 0.29) is 0 Å². The Kier molecular flexibility index (Phi) is 3.34. The van der Waals surface area contributed by atoms with Crippen LogP contribution in [0.15, 0.2) is 41.1 Å². The first kappa shape index (κ1) is 11.3. The topological polar surface area (TPSA) is 25.8 Å². The van der Waals surface area contributed by atoms with Gasteiger partial charge in [-0.2, -0.15) is 0 Å². The number of rotatable bonds is 2. The van der Waals surface area contributed by atoms with E-state index in [1.54, 1.807) is 0 Å². The van der Waals surface area contributed by atoms with Crippen molar-refractivity contribution in [2.45, 2.75) is 19.8 Å². The summed E-state index contributed by atoms with van der Waals surface area (Å²) in [5.41, 5.74) is 2.18. The minimum Gasteiger partial charge on any atom is -0.240 e. The summed E-state index contributed by atoms with van der Waals surface area (Å²) < 4.78 is 1.07. The summed E-state index contributed by atoms with van der Waals surface area (Å²) in [6, 6.07) is 8.13. The maximum Gasteiger partial charge on any atom is 0.130 e. The molecule has 0 radical (unpaired) electrons. The van der Waals surface area contributed by atoms with Crippen molar-refractivity contribution in [2.75, 3.05) is 0 Å². The number of hydrogen-bond donors (Lipinski definition) is 0. The second kappa shape index (κ2) is 4.74. The third kappa shape index (κ3) is 2.47. The number of nitrogens with zero attached hydrogens (tertiary/aromatic N) is 2. The van der Waals surface area contributed by atoms with Crippen LogP contribution in [0.1, 0.15) is 25.6 Å². The second-order valence-corrected chi connectivity index (χ2v) is 4.91. The number of halogens is 1. The molecule has 1 aromatic heterocycles. The maximum absolute atomic E-state index is 4.36. The molecule has 0 aliphatic rings. The maximum atomic E-state index is 4.36. The van der Waals surface area contributed by atoms with Crippen LogP contribution in [0.4, 0.5) is 0 Å². The molecule has 1 heterocycles. The van der Waals surface area contributed by atoms with Crippen molar-refractivity contribution in [1.29, 1.82) is 0 Å². The molecular formula is C13H13BrN2. The first-order valence-corrected chi connectivity index (χ1v) is 6.04. The van der Waals surface area contributed by atoms with E-state index in [0.717, 1.165) is 21.4 Å². The van der Waals surface area contributed by atoms with E-state index in [1.165, 1.54) is 0 Å². The normalized spacial score (nSPS) is 10.8. The molecule has 2 rings (SSSR count). The van der Waals surface area contributed by atoms with Crippen LogP contribution in [0, 0.1) is 0 Å².